The Kier molecular flexibility index (Phi) is 5.31. The predicted molar refractivity (Wildman–Crippen MR) is 79.4 cm³/mol. The van der Waals surface area contributed by atoms with Crippen LogP contribution >= 0.6 is 0 Å². The number of amides is 1. The molecule has 4 nitrogen and oxygen atoms in total. The van der Waals surface area contributed by atoms with Crippen molar-refractivity contribution in [2.45, 2.75) is 37.6 Å². The van der Waals surface area contributed by atoms with Crippen LogP contribution in [0.2, 0.25) is 0 Å². The number of hydrogen-bond donors (Lipinski definition) is 2. The largest absolute Gasteiger partial charge is 0.381 e. The Hall–Kier alpha value is -1.46. The number of carbonyl (C=O) groups is 1. The minimum Gasteiger partial charge on any atom is -0.381 e. The SMILES string of the molecule is CC(N)CCNC(=O)C1(c2cccc(F)c2)CCOCC1. The van der Waals surface area contributed by atoms with Crippen molar-refractivity contribution in [3.8, 4) is 0 Å². The molecule has 1 aliphatic rings. The Morgan fingerprint density at radius 3 is 2.81 bits per heavy atom. The fourth-order valence-corrected chi connectivity index (χ4v) is 2.74. The zero-order chi connectivity index (χ0) is 15.3. The van der Waals surface area contributed by atoms with Crippen LogP contribution in [0.3, 0.4) is 0 Å². The molecular weight excluding hydrogens is 271 g/mol. The molecule has 0 saturated carbocycles. The number of hydrogen-bond acceptors (Lipinski definition) is 3. The molecule has 3 N–H and O–H groups in total. The molecule has 0 radical (unpaired) electrons. The van der Waals surface area contributed by atoms with Crippen molar-refractivity contribution in [3.05, 3.63) is 35.6 Å². The highest BCUT2D eigenvalue weighted by Gasteiger charge is 2.41. The molecule has 5 heteroatoms. The molecule has 1 unspecified atom stereocenters. The minimum atomic E-state index is -0.696. The van der Waals surface area contributed by atoms with Crippen LogP contribution in [0.4, 0.5) is 4.39 Å². The van der Waals surface area contributed by atoms with E-state index < -0.39 is 5.41 Å². The van der Waals surface area contributed by atoms with Gasteiger partial charge in [-0.1, -0.05) is 12.1 Å². The highest BCUT2D eigenvalue weighted by atomic mass is 19.1. The molecule has 1 atom stereocenters. The second kappa shape index (κ2) is 7.00. The van der Waals surface area contributed by atoms with Gasteiger partial charge in [-0.15, -0.1) is 0 Å². The summed E-state index contributed by atoms with van der Waals surface area (Å²) >= 11 is 0. The molecule has 1 heterocycles. The van der Waals surface area contributed by atoms with Crippen LogP contribution in [-0.2, 0) is 14.9 Å². The van der Waals surface area contributed by atoms with Gasteiger partial charge in [0.15, 0.2) is 0 Å². The van der Waals surface area contributed by atoms with E-state index in [0.29, 0.717) is 32.6 Å². The van der Waals surface area contributed by atoms with E-state index in [2.05, 4.69) is 5.32 Å². The number of nitrogens with one attached hydrogen (secondary N) is 1. The van der Waals surface area contributed by atoms with E-state index in [1.165, 1.54) is 12.1 Å². The molecule has 1 fully saturated rings. The molecule has 1 aliphatic heterocycles. The van der Waals surface area contributed by atoms with E-state index >= 15 is 0 Å². The maximum atomic E-state index is 13.5. The van der Waals surface area contributed by atoms with Gasteiger partial charge >= 0.3 is 0 Å². The average molecular weight is 294 g/mol. The van der Waals surface area contributed by atoms with Crippen LogP contribution in [-0.4, -0.2) is 31.7 Å². The number of benzene rings is 1. The summed E-state index contributed by atoms with van der Waals surface area (Å²) in [6.45, 7) is 3.46. The molecule has 1 amide bonds. The summed E-state index contributed by atoms with van der Waals surface area (Å²) < 4.78 is 18.9. The monoisotopic (exact) mass is 294 g/mol. The number of halogens is 1. The fraction of sp³-hybridized carbons (Fsp3) is 0.562. The predicted octanol–water partition coefficient (Wildman–Crippen LogP) is 1.73. The summed E-state index contributed by atoms with van der Waals surface area (Å²) in [6.07, 6.45) is 1.86. The first-order valence-electron chi connectivity index (χ1n) is 7.42. The van der Waals surface area contributed by atoms with Gasteiger partial charge in [0, 0.05) is 25.8 Å². The Labute approximate surface area is 124 Å². The van der Waals surface area contributed by atoms with E-state index in [1.54, 1.807) is 6.07 Å². The van der Waals surface area contributed by atoms with Gasteiger partial charge in [-0.25, -0.2) is 4.39 Å². The summed E-state index contributed by atoms with van der Waals surface area (Å²) in [5.74, 6) is -0.376. The zero-order valence-corrected chi connectivity index (χ0v) is 12.4. The third-order valence-corrected chi connectivity index (χ3v) is 4.04. The van der Waals surface area contributed by atoms with Gasteiger partial charge in [-0.3, -0.25) is 4.79 Å². The lowest BCUT2D eigenvalue weighted by atomic mass is 9.73. The molecule has 116 valence electrons. The molecule has 1 aromatic rings. The normalized spacial score (nSPS) is 19.0. The van der Waals surface area contributed by atoms with Crippen molar-refractivity contribution in [1.82, 2.24) is 5.32 Å². The highest BCUT2D eigenvalue weighted by Crippen LogP contribution is 2.35. The second-order valence-corrected chi connectivity index (χ2v) is 5.73. The van der Waals surface area contributed by atoms with Crippen LogP contribution in [0.25, 0.3) is 0 Å². The van der Waals surface area contributed by atoms with Gasteiger partial charge in [0.05, 0.1) is 5.41 Å². The fourth-order valence-electron chi connectivity index (χ4n) is 2.74. The first-order valence-corrected chi connectivity index (χ1v) is 7.42. The zero-order valence-electron chi connectivity index (χ0n) is 12.4. The molecular formula is C16H23FN2O2. The van der Waals surface area contributed by atoms with Crippen LogP contribution in [0.15, 0.2) is 24.3 Å². The standard InChI is InChI=1S/C16H23FN2O2/c1-12(18)5-8-19-15(20)16(6-9-21-10-7-16)13-3-2-4-14(17)11-13/h2-4,11-12H,5-10,18H2,1H3,(H,19,20). The maximum absolute atomic E-state index is 13.5. The lowest BCUT2D eigenvalue weighted by molar-refractivity contribution is -0.130. The molecule has 0 spiro atoms. The Bertz CT molecular complexity index is 485. The third kappa shape index (κ3) is 3.80. The Balaban J connectivity index is 2.18. The van der Waals surface area contributed by atoms with Crippen molar-refractivity contribution in [1.29, 1.82) is 0 Å². The topological polar surface area (TPSA) is 64.3 Å². The average Bonchev–Trinajstić information content (AvgIpc) is 2.47. The van der Waals surface area contributed by atoms with Crippen LogP contribution in [0.5, 0.6) is 0 Å². The summed E-state index contributed by atoms with van der Waals surface area (Å²) in [6, 6.07) is 6.36. The number of ether oxygens (including phenoxy) is 1. The quantitative estimate of drug-likeness (QED) is 0.869. The third-order valence-electron chi connectivity index (χ3n) is 4.04. The van der Waals surface area contributed by atoms with Crippen molar-refractivity contribution in [2.75, 3.05) is 19.8 Å². The molecule has 2 rings (SSSR count). The van der Waals surface area contributed by atoms with Gasteiger partial charge in [0.25, 0.3) is 0 Å². The molecule has 0 aromatic heterocycles. The summed E-state index contributed by atoms with van der Waals surface area (Å²) in [7, 11) is 0. The van der Waals surface area contributed by atoms with Crippen molar-refractivity contribution in [2.24, 2.45) is 5.73 Å². The Morgan fingerprint density at radius 1 is 1.48 bits per heavy atom. The number of rotatable bonds is 5. The van der Waals surface area contributed by atoms with Crippen molar-refractivity contribution >= 4 is 5.91 Å². The maximum Gasteiger partial charge on any atom is 0.230 e. The highest BCUT2D eigenvalue weighted by molar-refractivity contribution is 5.88. The number of nitrogens with two attached hydrogens (primary N) is 1. The van der Waals surface area contributed by atoms with E-state index in [4.69, 9.17) is 10.5 Å². The number of carbonyl (C=O) groups excluding carboxylic acids is 1. The lowest BCUT2D eigenvalue weighted by Crippen LogP contribution is -2.48. The van der Waals surface area contributed by atoms with E-state index in [1.807, 2.05) is 13.0 Å². The first kappa shape index (κ1) is 15.9. The van der Waals surface area contributed by atoms with Crippen LogP contribution in [0.1, 0.15) is 31.7 Å². The van der Waals surface area contributed by atoms with Gasteiger partial charge in [-0.2, -0.15) is 0 Å². The van der Waals surface area contributed by atoms with Crippen LogP contribution < -0.4 is 11.1 Å². The summed E-state index contributed by atoms with van der Waals surface area (Å²) in [4.78, 5) is 12.7. The molecule has 1 aromatic carbocycles. The minimum absolute atomic E-state index is 0.0464. The smallest absolute Gasteiger partial charge is 0.230 e. The van der Waals surface area contributed by atoms with E-state index in [-0.39, 0.29) is 17.8 Å². The lowest BCUT2D eigenvalue weighted by Gasteiger charge is -2.36. The molecule has 1 saturated heterocycles. The van der Waals surface area contributed by atoms with Crippen molar-refractivity contribution in [3.63, 3.8) is 0 Å². The summed E-state index contributed by atoms with van der Waals surface area (Å²) in [5.41, 5.74) is 5.73. The van der Waals surface area contributed by atoms with E-state index in [9.17, 15) is 9.18 Å². The van der Waals surface area contributed by atoms with Crippen LogP contribution in [0, 0.1) is 5.82 Å². The Morgan fingerprint density at radius 2 is 2.19 bits per heavy atom. The molecule has 0 aliphatic carbocycles. The van der Waals surface area contributed by atoms with E-state index in [0.717, 1.165) is 12.0 Å². The van der Waals surface area contributed by atoms with Gasteiger partial charge in [0.2, 0.25) is 5.91 Å². The first-order chi connectivity index (χ1) is 10.0. The van der Waals surface area contributed by atoms with Gasteiger partial charge in [-0.05, 0) is 43.9 Å². The van der Waals surface area contributed by atoms with Gasteiger partial charge in [0.1, 0.15) is 5.82 Å². The second-order valence-electron chi connectivity index (χ2n) is 5.73. The van der Waals surface area contributed by atoms with Crippen molar-refractivity contribution < 1.29 is 13.9 Å². The molecule has 0 bridgehead atoms. The molecule has 21 heavy (non-hydrogen) atoms. The summed E-state index contributed by atoms with van der Waals surface area (Å²) in [5, 5.41) is 2.95. The van der Waals surface area contributed by atoms with Gasteiger partial charge < -0.3 is 15.8 Å².